The minimum absolute atomic E-state index is 0.0890. The van der Waals surface area contributed by atoms with Gasteiger partial charge in [0.2, 0.25) is 0 Å². The van der Waals surface area contributed by atoms with Crippen molar-refractivity contribution in [3.63, 3.8) is 0 Å². The fraction of sp³-hybridized carbons (Fsp3) is 0.286. The molecule has 0 saturated carbocycles. The standard InChI is InChI=1S/C14H15F2N3O2/c1-17-11-6-18-14(19(2)7-12(20)21-3)13-9(11)4-8(15)5-10(13)16/h4-6,17H,7H2,1-3H3. The molecule has 0 fully saturated rings. The van der Waals surface area contributed by atoms with Gasteiger partial charge in [0, 0.05) is 25.5 Å². The number of likely N-dealkylation sites (N-methyl/N-ethyl adjacent to an activating group) is 1. The normalized spacial score (nSPS) is 10.5. The second kappa shape index (κ2) is 5.90. The van der Waals surface area contributed by atoms with E-state index < -0.39 is 17.6 Å². The molecule has 0 radical (unpaired) electrons. The molecule has 2 rings (SSSR count). The molecular formula is C14H15F2N3O2. The molecule has 0 aliphatic heterocycles. The summed E-state index contributed by atoms with van der Waals surface area (Å²) in [5, 5.41) is 3.34. The number of carbonyl (C=O) groups excluding carboxylic acids is 1. The molecule has 0 amide bonds. The number of aromatic nitrogens is 1. The molecule has 1 aromatic carbocycles. The number of ether oxygens (including phenoxy) is 1. The van der Waals surface area contributed by atoms with E-state index in [1.807, 2.05) is 0 Å². The Kier molecular flexibility index (Phi) is 4.21. The number of esters is 1. The summed E-state index contributed by atoms with van der Waals surface area (Å²) in [5.74, 6) is -1.65. The van der Waals surface area contributed by atoms with Crippen LogP contribution in [0, 0.1) is 11.6 Å². The number of nitrogens with zero attached hydrogens (tertiary/aromatic N) is 2. The van der Waals surface area contributed by atoms with E-state index in [0.717, 1.165) is 6.07 Å². The van der Waals surface area contributed by atoms with Gasteiger partial charge in [-0.25, -0.2) is 13.8 Å². The molecule has 0 aliphatic rings. The van der Waals surface area contributed by atoms with E-state index in [1.54, 1.807) is 14.1 Å². The maximum atomic E-state index is 14.2. The van der Waals surface area contributed by atoms with Gasteiger partial charge in [0.25, 0.3) is 0 Å². The lowest BCUT2D eigenvalue weighted by molar-refractivity contribution is -0.138. The van der Waals surface area contributed by atoms with Gasteiger partial charge in [-0.05, 0) is 6.07 Å². The maximum absolute atomic E-state index is 14.2. The molecule has 5 nitrogen and oxygen atoms in total. The van der Waals surface area contributed by atoms with Crippen LogP contribution in [0.15, 0.2) is 18.3 Å². The molecular weight excluding hydrogens is 280 g/mol. The van der Waals surface area contributed by atoms with Crippen LogP contribution < -0.4 is 10.2 Å². The fourth-order valence-corrected chi connectivity index (χ4v) is 2.09. The van der Waals surface area contributed by atoms with Gasteiger partial charge in [-0.1, -0.05) is 0 Å². The van der Waals surface area contributed by atoms with Crippen LogP contribution in [0.5, 0.6) is 0 Å². The van der Waals surface area contributed by atoms with Crippen LogP contribution in [0.4, 0.5) is 20.3 Å². The smallest absolute Gasteiger partial charge is 0.325 e. The third-order valence-electron chi connectivity index (χ3n) is 3.11. The molecule has 0 bridgehead atoms. The molecule has 1 aromatic heterocycles. The first-order chi connectivity index (χ1) is 9.97. The predicted octanol–water partition coefficient (Wildman–Crippen LogP) is 2.16. The highest BCUT2D eigenvalue weighted by Gasteiger charge is 2.17. The van der Waals surface area contributed by atoms with Crippen LogP contribution in [0.25, 0.3) is 10.8 Å². The molecule has 2 aromatic rings. The highest BCUT2D eigenvalue weighted by molar-refractivity contribution is 6.01. The van der Waals surface area contributed by atoms with E-state index in [9.17, 15) is 13.6 Å². The number of carbonyl (C=O) groups is 1. The zero-order chi connectivity index (χ0) is 15.6. The summed E-state index contributed by atoms with van der Waals surface area (Å²) in [5.41, 5.74) is 0.499. The largest absolute Gasteiger partial charge is 0.468 e. The van der Waals surface area contributed by atoms with Gasteiger partial charge in [0.15, 0.2) is 0 Å². The van der Waals surface area contributed by atoms with E-state index in [1.165, 1.54) is 24.3 Å². The number of hydrogen-bond acceptors (Lipinski definition) is 5. The highest BCUT2D eigenvalue weighted by Crippen LogP contribution is 2.32. The molecule has 0 spiro atoms. The van der Waals surface area contributed by atoms with Gasteiger partial charge in [0.1, 0.15) is 24.0 Å². The summed E-state index contributed by atoms with van der Waals surface area (Å²) in [4.78, 5) is 16.9. The Balaban J connectivity index is 2.62. The molecule has 21 heavy (non-hydrogen) atoms. The monoisotopic (exact) mass is 295 g/mol. The molecule has 1 heterocycles. The Morgan fingerprint density at radius 2 is 2.14 bits per heavy atom. The third-order valence-corrected chi connectivity index (χ3v) is 3.11. The molecule has 7 heteroatoms. The second-order valence-electron chi connectivity index (χ2n) is 4.49. The second-order valence-corrected chi connectivity index (χ2v) is 4.49. The van der Waals surface area contributed by atoms with Crippen LogP contribution in [-0.4, -0.2) is 38.7 Å². The van der Waals surface area contributed by atoms with E-state index in [0.29, 0.717) is 11.1 Å². The van der Waals surface area contributed by atoms with E-state index >= 15 is 0 Å². The van der Waals surface area contributed by atoms with Crippen LogP contribution in [0.2, 0.25) is 0 Å². The molecule has 1 N–H and O–H groups in total. The first-order valence-electron chi connectivity index (χ1n) is 6.21. The predicted molar refractivity (Wildman–Crippen MR) is 76.5 cm³/mol. The summed E-state index contributed by atoms with van der Waals surface area (Å²) in [7, 11) is 4.49. The molecule has 112 valence electrons. The quantitative estimate of drug-likeness (QED) is 0.876. The third kappa shape index (κ3) is 2.86. The van der Waals surface area contributed by atoms with Gasteiger partial charge in [0.05, 0.1) is 24.4 Å². The van der Waals surface area contributed by atoms with Crippen LogP contribution in [-0.2, 0) is 9.53 Å². The lowest BCUT2D eigenvalue weighted by Crippen LogP contribution is -2.27. The summed E-state index contributed by atoms with van der Waals surface area (Å²) >= 11 is 0. The van der Waals surface area contributed by atoms with Gasteiger partial charge in [-0.3, -0.25) is 4.79 Å². The van der Waals surface area contributed by atoms with Gasteiger partial charge < -0.3 is 15.0 Å². The van der Waals surface area contributed by atoms with Crippen molar-refractivity contribution in [2.24, 2.45) is 0 Å². The van der Waals surface area contributed by atoms with Crippen molar-refractivity contribution in [3.05, 3.63) is 30.0 Å². The first kappa shape index (κ1) is 15.0. The van der Waals surface area contributed by atoms with Gasteiger partial charge in [-0.2, -0.15) is 0 Å². The lowest BCUT2D eigenvalue weighted by atomic mass is 10.1. The first-order valence-corrected chi connectivity index (χ1v) is 6.21. The van der Waals surface area contributed by atoms with Crippen LogP contribution in [0.3, 0.4) is 0 Å². The number of halogens is 2. The fourth-order valence-electron chi connectivity index (χ4n) is 2.09. The van der Waals surface area contributed by atoms with Crippen molar-refractivity contribution in [1.29, 1.82) is 0 Å². The number of methoxy groups -OCH3 is 1. The van der Waals surface area contributed by atoms with Gasteiger partial charge in [-0.15, -0.1) is 0 Å². The zero-order valence-corrected chi connectivity index (χ0v) is 11.9. The van der Waals surface area contributed by atoms with Crippen molar-refractivity contribution >= 4 is 28.2 Å². The number of fused-ring (bicyclic) bond motifs is 1. The Hall–Kier alpha value is -2.44. The van der Waals surface area contributed by atoms with E-state index in [-0.39, 0.29) is 17.7 Å². The summed E-state index contributed by atoms with van der Waals surface area (Å²) < 4.78 is 32.2. The number of benzene rings is 1. The Labute approximate surface area is 120 Å². The SMILES string of the molecule is CNc1cnc(N(C)CC(=O)OC)c2c(F)cc(F)cc12. The van der Waals surface area contributed by atoms with Gasteiger partial charge >= 0.3 is 5.97 Å². The summed E-state index contributed by atoms with van der Waals surface area (Å²) in [6, 6.07) is 2.01. The van der Waals surface area contributed by atoms with Crippen molar-refractivity contribution in [2.75, 3.05) is 38.0 Å². The lowest BCUT2D eigenvalue weighted by Gasteiger charge is -2.20. The molecule has 0 aliphatic carbocycles. The Bertz CT molecular complexity index is 691. The Morgan fingerprint density at radius 3 is 2.76 bits per heavy atom. The molecule has 0 saturated heterocycles. The van der Waals surface area contributed by atoms with Crippen molar-refractivity contribution in [1.82, 2.24) is 4.98 Å². The van der Waals surface area contributed by atoms with Crippen molar-refractivity contribution < 1.29 is 18.3 Å². The van der Waals surface area contributed by atoms with Crippen molar-refractivity contribution in [3.8, 4) is 0 Å². The van der Waals surface area contributed by atoms with E-state index in [4.69, 9.17) is 0 Å². The summed E-state index contributed by atoms with van der Waals surface area (Å²) in [6.07, 6.45) is 1.46. The number of pyridine rings is 1. The minimum Gasteiger partial charge on any atom is -0.468 e. The van der Waals surface area contributed by atoms with E-state index in [2.05, 4.69) is 15.0 Å². The number of anilines is 2. The number of rotatable bonds is 4. The molecule has 0 unspecified atom stereocenters. The average molecular weight is 295 g/mol. The molecule has 0 atom stereocenters. The maximum Gasteiger partial charge on any atom is 0.325 e. The topological polar surface area (TPSA) is 54.5 Å². The number of hydrogen-bond donors (Lipinski definition) is 1. The summed E-state index contributed by atoms with van der Waals surface area (Å²) in [6.45, 7) is -0.0890. The highest BCUT2D eigenvalue weighted by atomic mass is 19.1. The minimum atomic E-state index is -0.735. The van der Waals surface area contributed by atoms with Crippen LogP contribution >= 0.6 is 0 Å². The number of nitrogens with one attached hydrogen (secondary N) is 1. The average Bonchev–Trinajstić information content (AvgIpc) is 2.45. The Morgan fingerprint density at radius 1 is 1.43 bits per heavy atom. The zero-order valence-electron chi connectivity index (χ0n) is 11.9. The van der Waals surface area contributed by atoms with Crippen LogP contribution in [0.1, 0.15) is 0 Å². The van der Waals surface area contributed by atoms with Crippen molar-refractivity contribution in [2.45, 2.75) is 0 Å².